The lowest BCUT2D eigenvalue weighted by Gasteiger charge is -2.33. The molecule has 1 amide bonds. The fourth-order valence-corrected chi connectivity index (χ4v) is 4.98. The maximum atomic E-state index is 13.0. The van der Waals surface area contributed by atoms with Crippen LogP contribution in [0, 0.1) is 11.8 Å². The van der Waals surface area contributed by atoms with E-state index >= 15 is 0 Å². The summed E-state index contributed by atoms with van der Waals surface area (Å²) in [7, 11) is 1.62. The van der Waals surface area contributed by atoms with Crippen LogP contribution < -0.4 is 9.47 Å². The summed E-state index contributed by atoms with van der Waals surface area (Å²) < 4.78 is 10.9. The first-order chi connectivity index (χ1) is 12.2. The van der Waals surface area contributed by atoms with Crippen molar-refractivity contribution in [3.63, 3.8) is 0 Å². The molecule has 5 nitrogen and oxygen atoms in total. The molecule has 25 heavy (non-hydrogen) atoms. The lowest BCUT2D eigenvalue weighted by molar-refractivity contribution is 0.0753. The van der Waals surface area contributed by atoms with Crippen LogP contribution in [0.15, 0.2) is 18.2 Å². The quantitative estimate of drug-likeness (QED) is 0.842. The van der Waals surface area contributed by atoms with Crippen molar-refractivity contribution in [2.45, 2.75) is 32.2 Å². The minimum absolute atomic E-state index is 0.125. The molecule has 136 valence electrons. The first kappa shape index (κ1) is 16.7. The monoisotopic (exact) mass is 344 g/mol. The van der Waals surface area contributed by atoms with Crippen molar-refractivity contribution in [1.82, 2.24) is 9.80 Å². The summed E-state index contributed by atoms with van der Waals surface area (Å²) in [6.45, 7) is 6.71. The Kier molecular flexibility index (Phi) is 4.59. The normalized spacial score (nSPS) is 28.6. The Hall–Kier alpha value is -1.75. The molecular weight excluding hydrogens is 316 g/mol. The molecule has 0 aromatic heterocycles. The Morgan fingerprint density at radius 2 is 2.08 bits per heavy atom. The number of benzene rings is 1. The molecule has 0 saturated carbocycles. The third-order valence-electron chi connectivity index (χ3n) is 6.12. The van der Waals surface area contributed by atoms with Crippen LogP contribution in [0.4, 0.5) is 0 Å². The van der Waals surface area contributed by atoms with Crippen LogP contribution in [0.5, 0.6) is 11.5 Å². The van der Waals surface area contributed by atoms with Crippen LogP contribution in [0.25, 0.3) is 0 Å². The van der Waals surface area contributed by atoms with Gasteiger partial charge in [0.05, 0.1) is 13.7 Å². The number of carbonyl (C=O) groups excluding carboxylic acids is 1. The number of nitrogens with zero attached hydrogens (tertiary/aromatic N) is 2. The van der Waals surface area contributed by atoms with Gasteiger partial charge >= 0.3 is 0 Å². The highest BCUT2D eigenvalue weighted by Gasteiger charge is 2.48. The van der Waals surface area contributed by atoms with Gasteiger partial charge in [-0.1, -0.05) is 6.42 Å². The van der Waals surface area contributed by atoms with Gasteiger partial charge < -0.3 is 14.4 Å². The zero-order valence-electron chi connectivity index (χ0n) is 15.2. The number of rotatable bonds is 4. The molecule has 0 spiro atoms. The lowest BCUT2D eigenvalue weighted by atomic mass is 9.90. The molecule has 0 radical (unpaired) electrons. The zero-order valence-corrected chi connectivity index (χ0v) is 15.2. The topological polar surface area (TPSA) is 42.0 Å². The number of amides is 1. The van der Waals surface area contributed by atoms with Gasteiger partial charge in [-0.05, 0) is 56.3 Å². The van der Waals surface area contributed by atoms with Gasteiger partial charge in [-0.15, -0.1) is 0 Å². The molecule has 3 fully saturated rings. The van der Waals surface area contributed by atoms with Crippen molar-refractivity contribution in [1.29, 1.82) is 0 Å². The first-order valence-electron chi connectivity index (χ1n) is 9.55. The van der Waals surface area contributed by atoms with Crippen LogP contribution in [0.2, 0.25) is 0 Å². The molecule has 1 aromatic carbocycles. The summed E-state index contributed by atoms with van der Waals surface area (Å²) in [4.78, 5) is 17.7. The van der Waals surface area contributed by atoms with Gasteiger partial charge in [0.2, 0.25) is 0 Å². The summed E-state index contributed by atoms with van der Waals surface area (Å²) in [6, 6.07) is 6.21. The van der Waals surface area contributed by atoms with Crippen molar-refractivity contribution in [2.24, 2.45) is 11.8 Å². The molecule has 4 rings (SSSR count). The van der Waals surface area contributed by atoms with E-state index < -0.39 is 0 Å². The lowest BCUT2D eigenvalue weighted by Crippen LogP contribution is -2.40. The third kappa shape index (κ3) is 2.99. The largest absolute Gasteiger partial charge is 0.493 e. The van der Waals surface area contributed by atoms with Gasteiger partial charge in [0.25, 0.3) is 5.91 Å². The van der Waals surface area contributed by atoms with E-state index in [0.717, 1.165) is 13.1 Å². The van der Waals surface area contributed by atoms with Crippen LogP contribution >= 0.6 is 0 Å². The number of methoxy groups -OCH3 is 1. The van der Waals surface area contributed by atoms with Crippen LogP contribution in [0.1, 0.15) is 36.5 Å². The predicted octanol–water partition coefficient (Wildman–Crippen LogP) is 2.65. The Labute approximate surface area is 149 Å². The molecule has 0 aliphatic carbocycles. The fraction of sp³-hybridized carbons (Fsp3) is 0.650. The van der Waals surface area contributed by atoms with E-state index in [1.165, 1.54) is 32.4 Å². The van der Waals surface area contributed by atoms with Crippen LogP contribution in [-0.4, -0.2) is 61.6 Å². The van der Waals surface area contributed by atoms with Gasteiger partial charge in [-0.2, -0.15) is 0 Å². The number of hydrogen-bond acceptors (Lipinski definition) is 4. The summed E-state index contributed by atoms with van der Waals surface area (Å²) in [5.74, 6) is 2.76. The highest BCUT2D eigenvalue weighted by atomic mass is 16.5. The smallest absolute Gasteiger partial charge is 0.254 e. The highest BCUT2D eigenvalue weighted by Crippen LogP contribution is 2.41. The molecule has 1 aromatic rings. The SMILES string of the molecule is CCOc1cc(C(=O)N2C[C@@H]3CN4CCCC[C@@H]4[C@@H]3C2)ccc1OC. The molecule has 3 heterocycles. The van der Waals surface area contributed by atoms with Crippen molar-refractivity contribution in [3.05, 3.63) is 23.8 Å². The molecule has 0 N–H and O–H groups in total. The minimum atomic E-state index is 0.125. The van der Waals surface area contributed by atoms with E-state index in [9.17, 15) is 4.79 Å². The van der Waals surface area contributed by atoms with Crippen molar-refractivity contribution >= 4 is 5.91 Å². The molecule has 3 saturated heterocycles. The minimum Gasteiger partial charge on any atom is -0.493 e. The van der Waals surface area contributed by atoms with Gasteiger partial charge in [0.15, 0.2) is 11.5 Å². The van der Waals surface area contributed by atoms with Crippen molar-refractivity contribution in [2.75, 3.05) is 39.9 Å². The van der Waals surface area contributed by atoms with Gasteiger partial charge in [0, 0.05) is 31.2 Å². The Morgan fingerprint density at radius 1 is 1.20 bits per heavy atom. The average Bonchev–Trinajstić information content (AvgIpc) is 3.19. The van der Waals surface area contributed by atoms with E-state index in [4.69, 9.17) is 9.47 Å². The van der Waals surface area contributed by atoms with Crippen molar-refractivity contribution < 1.29 is 14.3 Å². The van der Waals surface area contributed by atoms with Gasteiger partial charge in [-0.3, -0.25) is 9.69 Å². The second-order valence-electron chi connectivity index (χ2n) is 7.49. The molecule has 3 atom stereocenters. The van der Waals surface area contributed by atoms with Gasteiger partial charge in [0.1, 0.15) is 0 Å². The molecule has 0 unspecified atom stereocenters. The number of fused-ring (bicyclic) bond motifs is 3. The molecule has 0 bridgehead atoms. The van der Waals surface area contributed by atoms with Crippen molar-refractivity contribution in [3.8, 4) is 11.5 Å². The van der Waals surface area contributed by atoms with Crippen LogP contribution in [0.3, 0.4) is 0 Å². The summed E-state index contributed by atoms with van der Waals surface area (Å²) >= 11 is 0. The first-order valence-corrected chi connectivity index (χ1v) is 9.55. The second kappa shape index (κ2) is 6.87. The average molecular weight is 344 g/mol. The Morgan fingerprint density at radius 3 is 2.88 bits per heavy atom. The Bertz CT molecular complexity index is 648. The fourth-order valence-electron chi connectivity index (χ4n) is 4.98. The number of piperidine rings is 1. The van der Waals surface area contributed by atoms with E-state index in [0.29, 0.717) is 41.5 Å². The maximum absolute atomic E-state index is 13.0. The summed E-state index contributed by atoms with van der Waals surface area (Å²) in [5.41, 5.74) is 0.699. The summed E-state index contributed by atoms with van der Waals surface area (Å²) in [6.07, 6.45) is 3.99. The van der Waals surface area contributed by atoms with Crippen LogP contribution in [-0.2, 0) is 0 Å². The van der Waals surface area contributed by atoms with Gasteiger partial charge in [-0.25, -0.2) is 0 Å². The standard InChI is InChI=1S/C20H28N2O3/c1-3-25-19-10-14(7-8-18(19)24-2)20(23)22-12-15-11-21-9-5-4-6-17(21)16(15)13-22/h7-8,10,15-17H,3-6,9,11-13H2,1-2H3/t15-,16+,17+/m0/s1. The molecule has 3 aliphatic rings. The number of likely N-dealkylation sites (tertiary alicyclic amines) is 1. The summed E-state index contributed by atoms with van der Waals surface area (Å²) in [5, 5.41) is 0. The maximum Gasteiger partial charge on any atom is 0.254 e. The predicted molar refractivity (Wildman–Crippen MR) is 96.3 cm³/mol. The highest BCUT2D eigenvalue weighted by molar-refractivity contribution is 5.95. The second-order valence-corrected chi connectivity index (χ2v) is 7.49. The number of hydrogen-bond donors (Lipinski definition) is 0. The third-order valence-corrected chi connectivity index (χ3v) is 6.12. The molecular formula is C20H28N2O3. The van der Waals surface area contributed by atoms with E-state index in [1.807, 2.05) is 25.1 Å². The zero-order chi connectivity index (χ0) is 17.4. The van der Waals surface area contributed by atoms with E-state index in [-0.39, 0.29) is 5.91 Å². The van der Waals surface area contributed by atoms with E-state index in [1.54, 1.807) is 7.11 Å². The van der Waals surface area contributed by atoms with E-state index in [2.05, 4.69) is 9.80 Å². The number of carbonyl (C=O) groups is 1. The Balaban J connectivity index is 1.48. The number of ether oxygens (including phenoxy) is 2. The molecule has 5 heteroatoms. The molecule has 3 aliphatic heterocycles.